The molecule has 0 atom stereocenters. The van der Waals surface area contributed by atoms with E-state index in [9.17, 15) is 14.7 Å². The number of aromatic nitrogens is 1. The lowest BCUT2D eigenvalue weighted by Crippen LogP contribution is -2.27. The molecule has 0 spiro atoms. The van der Waals surface area contributed by atoms with E-state index in [1.165, 1.54) is 11.8 Å². The van der Waals surface area contributed by atoms with Crippen LogP contribution in [-0.4, -0.2) is 35.0 Å². The normalized spacial score (nSPS) is 14.9. The molecule has 0 fully saturated rings. The molecular formula is C14H14NO4S2-. The first-order valence-electron chi connectivity index (χ1n) is 6.45. The molecule has 0 N–H and O–H groups in total. The number of hydrogen-bond donors (Lipinski definition) is 0. The smallest absolute Gasteiger partial charge is 0.345 e. The fourth-order valence-electron chi connectivity index (χ4n) is 1.78. The highest BCUT2D eigenvalue weighted by atomic mass is 32.2. The molecular weight excluding hydrogens is 310 g/mol. The number of thioether (sulfide) groups is 2. The Morgan fingerprint density at radius 2 is 1.86 bits per heavy atom. The van der Waals surface area contributed by atoms with Gasteiger partial charge in [0.2, 0.25) is 0 Å². The summed E-state index contributed by atoms with van der Waals surface area (Å²) in [6.45, 7) is 0.260. The SMILES string of the molecule is O=C([O-])C1=C(C(=O)OCCCc2ccncc2)SCCS1. The number of ether oxygens (including phenoxy) is 1. The second kappa shape index (κ2) is 8.09. The van der Waals surface area contributed by atoms with Gasteiger partial charge in [-0.05, 0) is 30.5 Å². The van der Waals surface area contributed by atoms with Crippen molar-refractivity contribution < 1.29 is 19.4 Å². The minimum absolute atomic E-state index is 0.00890. The maximum Gasteiger partial charge on any atom is 0.345 e. The molecule has 21 heavy (non-hydrogen) atoms. The van der Waals surface area contributed by atoms with Crippen LogP contribution in [0, 0.1) is 0 Å². The lowest BCUT2D eigenvalue weighted by Gasteiger charge is -2.18. The number of esters is 1. The number of pyridine rings is 1. The zero-order valence-electron chi connectivity index (χ0n) is 11.2. The van der Waals surface area contributed by atoms with Gasteiger partial charge in [0.05, 0.1) is 17.5 Å². The third-order valence-electron chi connectivity index (χ3n) is 2.75. The molecule has 0 saturated carbocycles. The molecule has 0 unspecified atom stereocenters. The van der Waals surface area contributed by atoms with Crippen molar-refractivity contribution in [3.63, 3.8) is 0 Å². The van der Waals surface area contributed by atoms with Crippen LogP contribution in [0.3, 0.4) is 0 Å². The van der Waals surface area contributed by atoms with E-state index in [0.717, 1.165) is 23.7 Å². The second-order valence-electron chi connectivity index (χ2n) is 4.24. The van der Waals surface area contributed by atoms with Gasteiger partial charge in [0.15, 0.2) is 0 Å². The van der Waals surface area contributed by atoms with Crippen LogP contribution in [0.5, 0.6) is 0 Å². The van der Waals surface area contributed by atoms with E-state index in [2.05, 4.69) is 4.98 Å². The van der Waals surface area contributed by atoms with Crippen molar-refractivity contribution in [2.75, 3.05) is 18.1 Å². The van der Waals surface area contributed by atoms with Gasteiger partial charge in [-0.25, -0.2) is 4.79 Å². The number of carboxylic acids is 1. The quantitative estimate of drug-likeness (QED) is 0.570. The van der Waals surface area contributed by atoms with E-state index in [4.69, 9.17) is 4.74 Å². The zero-order valence-corrected chi connectivity index (χ0v) is 12.9. The summed E-state index contributed by atoms with van der Waals surface area (Å²) in [6.07, 6.45) is 4.90. The van der Waals surface area contributed by atoms with Crippen LogP contribution < -0.4 is 5.11 Å². The maximum atomic E-state index is 11.9. The molecule has 1 aromatic heterocycles. The summed E-state index contributed by atoms with van der Waals surface area (Å²) >= 11 is 2.35. The summed E-state index contributed by atoms with van der Waals surface area (Å²) in [7, 11) is 0. The van der Waals surface area contributed by atoms with Crippen LogP contribution in [0.2, 0.25) is 0 Å². The van der Waals surface area contributed by atoms with Gasteiger partial charge in [0.1, 0.15) is 4.91 Å². The lowest BCUT2D eigenvalue weighted by molar-refractivity contribution is -0.298. The Kier molecular flexibility index (Phi) is 6.13. The second-order valence-corrected chi connectivity index (χ2v) is 6.45. The summed E-state index contributed by atoms with van der Waals surface area (Å²) in [5, 5.41) is 11.0. The Morgan fingerprint density at radius 3 is 2.52 bits per heavy atom. The lowest BCUT2D eigenvalue weighted by atomic mass is 10.1. The average Bonchev–Trinajstić information content (AvgIpc) is 2.52. The van der Waals surface area contributed by atoms with Crippen LogP contribution >= 0.6 is 23.5 Å². The summed E-state index contributed by atoms with van der Waals surface area (Å²) in [5.41, 5.74) is 1.12. The molecule has 0 aromatic carbocycles. The van der Waals surface area contributed by atoms with Gasteiger partial charge >= 0.3 is 5.97 Å². The predicted octanol–water partition coefficient (Wildman–Crippen LogP) is 0.999. The average molecular weight is 324 g/mol. The van der Waals surface area contributed by atoms with Crippen molar-refractivity contribution in [1.82, 2.24) is 4.98 Å². The molecule has 2 rings (SSSR count). The van der Waals surface area contributed by atoms with Crippen molar-refractivity contribution >= 4 is 35.5 Å². The third kappa shape index (κ3) is 4.78. The number of rotatable bonds is 6. The van der Waals surface area contributed by atoms with Gasteiger partial charge in [-0.3, -0.25) is 4.98 Å². The van der Waals surface area contributed by atoms with Gasteiger partial charge in [-0.2, -0.15) is 0 Å². The first-order valence-corrected chi connectivity index (χ1v) is 8.43. The molecule has 0 aliphatic carbocycles. The van der Waals surface area contributed by atoms with Crippen molar-refractivity contribution in [2.45, 2.75) is 12.8 Å². The van der Waals surface area contributed by atoms with Gasteiger partial charge in [0, 0.05) is 23.9 Å². The van der Waals surface area contributed by atoms with Crippen molar-refractivity contribution in [3.8, 4) is 0 Å². The Labute approximate surface area is 131 Å². The number of carboxylic acid groups (broad SMARTS) is 1. The molecule has 2 heterocycles. The highest BCUT2D eigenvalue weighted by Gasteiger charge is 2.22. The molecule has 0 radical (unpaired) electrons. The number of aliphatic carboxylic acids is 1. The van der Waals surface area contributed by atoms with Crippen LogP contribution in [0.15, 0.2) is 34.3 Å². The largest absolute Gasteiger partial charge is 0.544 e. The van der Waals surface area contributed by atoms with Crippen LogP contribution in [0.25, 0.3) is 0 Å². The molecule has 7 heteroatoms. The van der Waals surface area contributed by atoms with Crippen molar-refractivity contribution in [3.05, 3.63) is 39.9 Å². The molecule has 112 valence electrons. The monoisotopic (exact) mass is 324 g/mol. The molecule has 0 saturated heterocycles. The molecule has 1 aliphatic heterocycles. The van der Waals surface area contributed by atoms with Gasteiger partial charge < -0.3 is 14.6 Å². The zero-order chi connectivity index (χ0) is 15.1. The highest BCUT2D eigenvalue weighted by molar-refractivity contribution is 8.11. The first kappa shape index (κ1) is 15.9. The van der Waals surface area contributed by atoms with E-state index in [-0.39, 0.29) is 16.4 Å². The number of aryl methyl sites for hydroxylation is 1. The Bertz CT molecular complexity index is 545. The van der Waals surface area contributed by atoms with Crippen molar-refractivity contribution in [2.24, 2.45) is 0 Å². The van der Waals surface area contributed by atoms with E-state index in [0.29, 0.717) is 17.9 Å². The summed E-state index contributed by atoms with van der Waals surface area (Å²) in [4.78, 5) is 27.0. The molecule has 5 nitrogen and oxygen atoms in total. The van der Waals surface area contributed by atoms with Crippen LogP contribution in [-0.2, 0) is 20.7 Å². The molecule has 0 amide bonds. The van der Waals surface area contributed by atoms with E-state index in [1.807, 2.05) is 12.1 Å². The van der Waals surface area contributed by atoms with Gasteiger partial charge in [-0.15, -0.1) is 23.5 Å². The van der Waals surface area contributed by atoms with E-state index >= 15 is 0 Å². The number of hydrogen-bond acceptors (Lipinski definition) is 7. The van der Waals surface area contributed by atoms with Gasteiger partial charge in [0.25, 0.3) is 0 Å². The predicted molar refractivity (Wildman–Crippen MR) is 80.5 cm³/mol. The number of nitrogens with zero attached hydrogens (tertiary/aromatic N) is 1. The minimum atomic E-state index is -1.31. The Morgan fingerprint density at radius 1 is 1.19 bits per heavy atom. The van der Waals surface area contributed by atoms with Crippen molar-refractivity contribution in [1.29, 1.82) is 0 Å². The third-order valence-corrected chi connectivity index (χ3v) is 5.27. The van der Waals surface area contributed by atoms with Crippen LogP contribution in [0.4, 0.5) is 0 Å². The van der Waals surface area contributed by atoms with Crippen LogP contribution in [0.1, 0.15) is 12.0 Å². The maximum absolute atomic E-state index is 11.9. The Hall–Kier alpha value is -1.47. The molecule has 1 aromatic rings. The number of carbonyl (C=O) groups excluding carboxylic acids is 2. The van der Waals surface area contributed by atoms with E-state index in [1.54, 1.807) is 12.4 Å². The molecule has 0 bridgehead atoms. The van der Waals surface area contributed by atoms with Gasteiger partial charge in [-0.1, -0.05) is 0 Å². The fraction of sp³-hybridized carbons (Fsp3) is 0.357. The fourth-order valence-corrected chi connectivity index (χ4v) is 3.93. The van der Waals surface area contributed by atoms with E-state index < -0.39 is 11.9 Å². The summed E-state index contributed by atoms with van der Waals surface area (Å²) < 4.78 is 5.15. The summed E-state index contributed by atoms with van der Waals surface area (Å²) in [6, 6.07) is 3.82. The number of carbonyl (C=O) groups is 2. The molecule has 1 aliphatic rings. The minimum Gasteiger partial charge on any atom is -0.544 e. The highest BCUT2D eigenvalue weighted by Crippen LogP contribution is 2.34. The first-order chi connectivity index (χ1) is 10.2. The Balaban J connectivity index is 1.82. The topological polar surface area (TPSA) is 79.3 Å². The summed E-state index contributed by atoms with van der Waals surface area (Å²) in [5.74, 6) is -0.521. The standard InChI is InChI=1S/C14H15NO4S2/c16-13(17)11-12(21-9-8-20-11)14(18)19-7-1-2-10-3-5-15-6-4-10/h3-6H,1-2,7-9H2,(H,16,17)/p-1.